The molecule has 1 heterocycles. The monoisotopic (exact) mass is 229 g/mol. The molecule has 0 aliphatic heterocycles. The van der Waals surface area contributed by atoms with Crippen molar-refractivity contribution >= 4 is 0 Å². The van der Waals surface area contributed by atoms with Crippen molar-refractivity contribution in [1.29, 1.82) is 0 Å². The second kappa shape index (κ2) is 5.38. The van der Waals surface area contributed by atoms with E-state index in [0.29, 0.717) is 24.7 Å². The SMILES string of the molecule is CCOC(C)(C)c1noc(C(N)CCO)n1. The molecule has 0 radical (unpaired) electrons. The lowest BCUT2D eigenvalue weighted by Crippen LogP contribution is -2.23. The third kappa shape index (κ3) is 3.01. The molecule has 0 spiro atoms. The van der Waals surface area contributed by atoms with Crippen molar-refractivity contribution < 1.29 is 14.4 Å². The average molecular weight is 229 g/mol. The van der Waals surface area contributed by atoms with E-state index in [2.05, 4.69) is 10.1 Å². The Morgan fingerprint density at radius 3 is 2.81 bits per heavy atom. The molecule has 92 valence electrons. The summed E-state index contributed by atoms with van der Waals surface area (Å²) < 4.78 is 10.5. The Kier molecular flexibility index (Phi) is 4.40. The van der Waals surface area contributed by atoms with Gasteiger partial charge in [0.25, 0.3) is 0 Å². The minimum atomic E-state index is -0.588. The molecule has 0 aliphatic carbocycles. The molecule has 1 aromatic heterocycles. The van der Waals surface area contributed by atoms with Gasteiger partial charge in [-0.2, -0.15) is 4.98 Å². The number of ether oxygens (including phenoxy) is 1. The van der Waals surface area contributed by atoms with Gasteiger partial charge in [0, 0.05) is 13.2 Å². The quantitative estimate of drug-likeness (QED) is 0.746. The number of hydrogen-bond donors (Lipinski definition) is 2. The Balaban J connectivity index is 2.78. The Hall–Kier alpha value is -0.980. The van der Waals surface area contributed by atoms with Crippen LogP contribution < -0.4 is 5.73 Å². The van der Waals surface area contributed by atoms with Crippen molar-refractivity contribution in [1.82, 2.24) is 10.1 Å². The highest BCUT2D eigenvalue weighted by molar-refractivity contribution is 4.99. The lowest BCUT2D eigenvalue weighted by molar-refractivity contribution is -0.0221. The number of aliphatic hydroxyl groups is 1. The van der Waals surface area contributed by atoms with Crippen LogP contribution in [0.15, 0.2) is 4.52 Å². The highest BCUT2D eigenvalue weighted by Crippen LogP contribution is 2.23. The standard InChI is InChI=1S/C10H19N3O3/c1-4-15-10(2,3)9-12-8(16-13-9)7(11)5-6-14/h7,14H,4-6,11H2,1-3H3. The summed E-state index contributed by atoms with van der Waals surface area (Å²) in [6, 6.07) is -0.427. The molecule has 16 heavy (non-hydrogen) atoms. The number of hydrogen-bond acceptors (Lipinski definition) is 6. The van der Waals surface area contributed by atoms with Gasteiger partial charge in [0.15, 0.2) is 0 Å². The van der Waals surface area contributed by atoms with Gasteiger partial charge in [-0.15, -0.1) is 0 Å². The number of nitrogens with two attached hydrogens (primary N) is 1. The van der Waals surface area contributed by atoms with Gasteiger partial charge >= 0.3 is 0 Å². The van der Waals surface area contributed by atoms with Crippen LogP contribution in [0.1, 0.15) is 44.9 Å². The van der Waals surface area contributed by atoms with E-state index in [9.17, 15) is 0 Å². The average Bonchev–Trinajstić information content (AvgIpc) is 2.67. The van der Waals surface area contributed by atoms with Crippen LogP contribution in [0.4, 0.5) is 0 Å². The maximum atomic E-state index is 8.75. The molecule has 6 heteroatoms. The van der Waals surface area contributed by atoms with Crippen LogP contribution in [-0.2, 0) is 10.3 Å². The summed E-state index contributed by atoms with van der Waals surface area (Å²) >= 11 is 0. The number of aromatic nitrogens is 2. The Morgan fingerprint density at radius 1 is 1.56 bits per heavy atom. The van der Waals surface area contributed by atoms with E-state index in [4.69, 9.17) is 20.1 Å². The number of nitrogens with zero attached hydrogens (tertiary/aromatic N) is 2. The van der Waals surface area contributed by atoms with Crippen molar-refractivity contribution in [3.8, 4) is 0 Å². The van der Waals surface area contributed by atoms with Crippen molar-refractivity contribution in [3.63, 3.8) is 0 Å². The maximum absolute atomic E-state index is 8.75. The molecule has 6 nitrogen and oxygen atoms in total. The zero-order chi connectivity index (χ0) is 12.2. The molecule has 0 saturated heterocycles. The molecule has 1 rings (SSSR count). The third-order valence-corrected chi connectivity index (χ3v) is 2.24. The zero-order valence-corrected chi connectivity index (χ0v) is 9.93. The van der Waals surface area contributed by atoms with Crippen LogP contribution in [0.2, 0.25) is 0 Å². The largest absolute Gasteiger partial charge is 0.396 e. The van der Waals surface area contributed by atoms with Crippen LogP contribution in [-0.4, -0.2) is 28.5 Å². The molecule has 0 aliphatic rings. The summed E-state index contributed by atoms with van der Waals surface area (Å²) in [6.45, 7) is 6.19. The van der Waals surface area contributed by atoms with Crippen LogP contribution in [0.25, 0.3) is 0 Å². The molecular weight excluding hydrogens is 210 g/mol. The molecule has 1 atom stereocenters. The van der Waals surface area contributed by atoms with Crippen molar-refractivity contribution in [2.45, 2.75) is 38.8 Å². The van der Waals surface area contributed by atoms with E-state index in [1.807, 2.05) is 20.8 Å². The van der Waals surface area contributed by atoms with Gasteiger partial charge in [-0.05, 0) is 27.2 Å². The van der Waals surface area contributed by atoms with Crippen molar-refractivity contribution in [2.75, 3.05) is 13.2 Å². The van der Waals surface area contributed by atoms with Crippen LogP contribution in [0.3, 0.4) is 0 Å². The lowest BCUT2D eigenvalue weighted by atomic mass is 10.1. The molecule has 0 saturated carbocycles. The summed E-state index contributed by atoms with van der Waals surface area (Å²) in [4.78, 5) is 4.18. The molecule has 0 fully saturated rings. The first kappa shape index (κ1) is 13.1. The van der Waals surface area contributed by atoms with E-state index in [0.717, 1.165) is 0 Å². The second-order valence-corrected chi connectivity index (χ2v) is 4.02. The summed E-state index contributed by atoms with van der Waals surface area (Å²) in [5.74, 6) is 0.801. The first-order valence-electron chi connectivity index (χ1n) is 5.35. The van der Waals surface area contributed by atoms with Gasteiger partial charge in [0.05, 0.1) is 6.04 Å². The van der Waals surface area contributed by atoms with Crippen LogP contribution in [0, 0.1) is 0 Å². The molecule has 1 unspecified atom stereocenters. The van der Waals surface area contributed by atoms with Gasteiger partial charge < -0.3 is 20.1 Å². The fourth-order valence-corrected chi connectivity index (χ4v) is 1.32. The van der Waals surface area contributed by atoms with Gasteiger partial charge in [0.2, 0.25) is 11.7 Å². The summed E-state index contributed by atoms with van der Waals surface area (Å²) in [6.07, 6.45) is 0.400. The van der Waals surface area contributed by atoms with Gasteiger partial charge in [-0.3, -0.25) is 0 Å². The fraction of sp³-hybridized carbons (Fsp3) is 0.800. The first-order chi connectivity index (χ1) is 7.51. The summed E-state index contributed by atoms with van der Waals surface area (Å²) in [7, 11) is 0. The minimum Gasteiger partial charge on any atom is -0.396 e. The number of rotatable bonds is 6. The minimum absolute atomic E-state index is 0.00622. The lowest BCUT2D eigenvalue weighted by Gasteiger charge is -2.19. The maximum Gasteiger partial charge on any atom is 0.243 e. The fourth-order valence-electron chi connectivity index (χ4n) is 1.32. The molecule has 1 aromatic rings. The first-order valence-corrected chi connectivity index (χ1v) is 5.35. The van der Waals surface area contributed by atoms with Crippen molar-refractivity contribution in [3.05, 3.63) is 11.7 Å². The molecule has 3 N–H and O–H groups in total. The smallest absolute Gasteiger partial charge is 0.243 e. The number of aliphatic hydroxyl groups excluding tert-OH is 1. The van der Waals surface area contributed by atoms with Crippen LogP contribution >= 0.6 is 0 Å². The second-order valence-electron chi connectivity index (χ2n) is 4.02. The van der Waals surface area contributed by atoms with E-state index in [1.165, 1.54) is 0 Å². The van der Waals surface area contributed by atoms with E-state index in [1.54, 1.807) is 0 Å². The van der Waals surface area contributed by atoms with E-state index in [-0.39, 0.29) is 6.61 Å². The third-order valence-electron chi connectivity index (χ3n) is 2.24. The van der Waals surface area contributed by atoms with Gasteiger partial charge in [-0.1, -0.05) is 5.16 Å². The predicted molar refractivity (Wildman–Crippen MR) is 57.6 cm³/mol. The van der Waals surface area contributed by atoms with Crippen molar-refractivity contribution in [2.24, 2.45) is 5.73 Å². The zero-order valence-electron chi connectivity index (χ0n) is 9.93. The Bertz CT molecular complexity index is 325. The Labute approximate surface area is 94.8 Å². The molecular formula is C10H19N3O3. The summed E-state index contributed by atoms with van der Waals surface area (Å²) in [5.41, 5.74) is 5.15. The Morgan fingerprint density at radius 2 is 2.25 bits per heavy atom. The molecule has 0 amide bonds. The van der Waals surface area contributed by atoms with Crippen LogP contribution in [0.5, 0.6) is 0 Å². The van der Waals surface area contributed by atoms with Gasteiger partial charge in [-0.25, -0.2) is 0 Å². The van der Waals surface area contributed by atoms with E-state index >= 15 is 0 Å². The topological polar surface area (TPSA) is 94.4 Å². The predicted octanol–water partition coefficient (Wildman–Crippen LogP) is 0.723. The molecule has 0 bridgehead atoms. The summed E-state index contributed by atoms with van der Waals surface area (Å²) in [5, 5.41) is 12.6. The normalized spacial score (nSPS) is 14.1. The highest BCUT2D eigenvalue weighted by Gasteiger charge is 2.28. The molecule has 0 aromatic carbocycles. The van der Waals surface area contributed by atoms with E-state index < -0.39 is 11.6 Å². The van der Waals surface area contributed by atoms with Gasteiger partial charge in [0.1, 0.15) is 5.60 Å². The highest BCUT2D eigenvalue weighted by atomic mass is 16.5.